The van der Waals surface area contributed by atoms with Gasteiger partial charge < -0.3 is 5.11 Å². The highest BCUT2D eigenvalue weighted by Gasteiger charge is 2.14. The molecule has 0 saturated carbocycles. The zero-order chi connectivity index (χ0) is 10.8. The molecule has 3 aliphatic carbocycles. The van der Waals surface area contributed by atoms with E-state index in [9.17, 15) is 4.79 Å². The van der Waals surface area contributed by atoms with Gasteiger partial charge in [-0.2, -0.15) is 0 Å². The van der Waals surface area contributed by atoms with Crippen LogP contribution < -0.4 is 0 Å². The van der Waals surface area contributed by atoms with Crippen LogP contribution >= 0.6 is 11.6 Å². The van der Waals surface area contributed by atoms with E-state index in [2.05, 4.69) is 12.2 Å². The summed E-state index contributed by atoms with van der Waals surface area (Å²) in [6.07, 6.45) is 9.97. The molecule has 0 radical (unpaired) electrons. The van der Waals surface area contributed by atoms with Crippen molar-refractivity contribution in [3.8, 4) is 0 Å². The minimum atomic E-state index is -0.507. The second-order valence-electron chi connectivity index (χ2n) is 3.70. The molecule has 2 nitrogen and oxygen atoms in total. The first-order chi connectivity index (χ1) is 7.15. The van der Waals surface area contributed by atoms with Crippen molar-refractivity contribution in [2.45, 2.75) is 18.9 Å². The zero-order valence-corrected chi connectivity index (χ0v) is 8.87. The number of hydrogen-bond donors (Lipinski definition) is 1. The number of aliphatic hydroxyl groups is 1. The van der Waals surface area contributed by atoms with E-state index in [1.54, 1.807) is 0 Å². The van der Waals surface area contributed by atoms with E-state index >= 15 is 0 Å². The molecule has 0 spiro atoms. The van der Waals surface area contributed by atoms with E-state index in [-0.39, 0.29) is 12.2 Å². The normalized spacial score (nSPS) is 25.9. The molecule has 0 aromatic carbocycles. The van der Waals surface area contributed by atoms with Crippen molar-refractivity contribution in [1.82, 2.24) is 0 Å². The van der Waals surface area contributed by atoms with Crippen LogP contribution in [0.3, 0.4) is 0 Å². The summed E-state index contributed by atoms with van der Waals surface area (Å²) in [5.41, 5.74) is 2.63. The van der Waals surface area contributed by atoms with Crippen molar-refractivity contribution in [3.05, 3.63) is 46.6 Å². The van der Waals surface area contributed by atoms with Gasteiger partial charge >= 0.3 is 0 Å². The standard InChI is InChI=1S/C7H5Cl.C5H6O2/c8-7-4-5-1-2-6(7)3-5;6-4-1-2-5(7)3-4/h1-2,4H,3H2;1-2,4,6H,3H2. The molecule has 2 bridgehead atoms. The molecule has 15 heavy (non-hydrogen) atoms. The summed E-state index contributed by atoms with van der Waals surface area (Å²) in [5.74, 6) is 0.0208. The number of hydrogen-bond acceptors (Lipinski definition) is 2. The van der Waals surface area contributed by atoms with Gasteiger partial charge in [0.05, 0.1) is 6.10 Å². The lowest BCUT2D eigenvalue weighted by molar-refractivity contribution is -0.114. The van der Waals surface area contributed by atoms with E-state index in [4.69, 9.17) is 16.7 Å². The van der Waals surface area contributed by atoms with E-state index in [1.807, 2.05) is 6.08 Å². The van der Waals surface area contributed by atoms with Crippen molar-refractivity contribution in [2.24, 2.45) is 0 Å². The van der Waals surface area contributed by atoms with E-state index < -0.39 is 6.10 Å². The van der Waals surface area contributed by atoms with Crippen LogP contribution in [0.2, 0.25) is 0 Å². The summed E-state index contributed by atoms with van der Waals surface area (Å²) in [4.78, 5) is 10.2. The largest absolute Gasteiger partial charge is 0.389 e. The van der Waals surface area contributed by atoms with Gasteiger partial charge in [-0.15, -0.1) is 0 Å². The number of ketones is 1. The Morgan fingerprint density at radius 2 is 2.13 bits per heavy atom. The van der Waals surface area contributed by atoms with Crippen LogP contribution in [0.15, 0.2) is 46.6 Å². The molecule has 1 unspecified atom stereocenters. The Labute approximate surface area is 93.2 Å². The minimum Gasteiger partial charge on any atom is -0.389 e. The highest BCUT2D eigenvalue weighted by atomic mass is 35.5. The molecule has 0 aromatic rings. The number of aliphatic hydroxyl groups excluding tert-OH is 1. The monoisotopic (exact) mass is 222 g/mol. The molecule has 1 atom stereocenters. The topological polar surface area (TPSA) is 37.3 Å². The Morgan fingerprint density at radius 3 is 2.33 bits per heavy atom. The first-order valence-corrected chi connectivity index (χ1v) is 5.19. The smallest absolute Gasteiger partial charge is 0.158 e. The van der Waals surface area contributed by atoms with Crippen molar-refractivity contribution < 1.29 is 9.90 Å². The van der Waals surface area contributed by atoms with Gasteiger partial charge in [-0.25, -0.2) is 0 Å². The molecule has 3 heteroatoms. The molecule has 0 heterocycles. The summed E-state index contributed by atoms with van der Waals surface area (Å²) in [6, 6.07) is 0. The molecule has 0 saturated heterocycles. The van der Waals surface area contributed by atoms with Crippen molar-refractivity contribution >= 4 is 17.4 Å². The molecule has 3 rings (SSSR count). The summed E-state index contributed by atoms with van der Waals surface area (Å²) in [7, 11) is 0. The number of carbonyl (C=O) groups is 1. The van der Waals surface area contributed by atoms with Gasteiger partial charge in [-0.1, -0.05) is 29.8 Å². The van der Waals surface area contributed by atoms with Gasteiger partial charge in [-0.05, 0) is 29.7 Å². The van der Waals surface area contributed by atoms with Crippen LogP contribution in [0.4, 0.5) is 0 Å². The summed E-state index contributed by atoms with van der Waals surface area (Å²) in [6.45, 7) is 0. The summed E-state index contributed by atoms with van der Waals surface area (Å²) in [5, 5.41) is 9.52. The van der Waals surface area contributed by atoms with Crippen molar-refractivity contribution in [3.63, 3.8) is 0 Å². The third-order valence-corrected chi connectivity index (χ3v) is 2.78. The highest BCUT2D eigenvalue weighted by molar-refractivity contribution is 6.32. The van der Waals surface area contributed by atoms with Crippen LogP contribution in [0, 0.1) is 0 Å². The maximum Gasteiger partial charge on any atom is 0.158 e. The first kappa shape index (κ1) is 10.4. The van der Waals surface area contributed by atoms with Crippen LogP contribution in [-0.4, -0.2) is 17.0 Å². The van der Waals surface area contributed by atoms with E-state index in [0.717, 1.165) is 11.5 Å². The van der Waals surface area contributed by atoms with Crippen molar-refractivity contribution in [1.29, 1.82) is 0 Å². The van der Waals surface area contributed by atoms with Gasteiger partial charge in [0.15, 0.2) is 5.78 Å². The van der Waals surface area contributed by atoms with Gasteiger partial charge in [0.1, 0.15) is 0 Å². The number of rotatable bonds is 0. The minimum absolute atomic E-state index is 0.0208. The lowest BCUT2D eigenvalue weighted by atomic mass is 10.3. The summed E-state index contributed by atoms with van der Waals surface area (Å²) < 4.78 is 0. The quantitative estimate of drug-likeness (QED) is 0.683. The fourth-order valence-electron chi connectivity index (χ4n) is 1.62. The van der Waals surface area contributed by atoms with Crippen LogP contribution in [0.1, 0.15) is 12.8 Å². The molecule has 0 fully saturated rings. The average Bonchev–Trinajstić information content (AvgIpc) is 2.83. The molecular weight excluding hydrogens is 212 g/mol. The maximum absolute atomic E-state index is 10.2. The Bertz CT molecular complexity index is 413. The fourth-order valence-corrected chi connectivity index (χ4v) is 1.89. The maximum atomic E-state index is 10.2. The number of fused-ring (bicyclic) bond motifs is 2. The Hall–Kier alpha value is -1.12. The van der Waals surface area contributed by atoms with Crippen molar-refractivity contribution in [2.75, 3.05) is 0 Å². The summed E-state index contributed by atoms with van der Waals surface area (Å²) >= 11 is 5.76. The lowest BCUT2D eigenvalue weighted by Crippen LogP contribution is -1.99. The zero-order valence-electron chi connectivity index (χ0n) is 8.11. The number of allylic oxidation sites excluding steroid dienone is 7. The molecule has 0 amide bonds. The number of carbonyl (C=O) groups excluding carboxylic acids is 1. The highest BCUT2D eigenvalue weighted by Crippen LogP contribution is 2.34. The third kappa shape index (κ3) is 2.46. The molecular formula is C12H11ClO2. The van der Waals surface area contributed by atoms with Gasteiger partial charge in [0, 0.05) is 11.5 Å². The second kappa shape index (κ2) is 4.17. The average molecular weight is 223 g/mol. The fraction of sp³-hybridized carbons (Fsp3) is 0.250. The first-order valence-electron chi connectivity index (χ1n) is 4.81. The van der Waals surface area contributed by atoms with Crippen LogP contribution in [0.5, 0.6) is 0 Å². The molecule has 0 aliphatic heterocycles. The van der Waals surface area contributed by atoms with E-state index in [0.29, 0.717) is 0 Å². The molecule has 78 valence electrons. The SMILES string of the molecule is ClC1=C2C=CC(=C1)C2.O=C1C=CC(O)C1. The predicted molar refractivity (Wildman–Crippen MR) is 59.5 cm³/mol. The third-order valence-electron chi connectivity index (χ3n) is 2.43. The number of halogens is 1. The van der Waals surface area contributed by atoms with E-state index in [1.165, 1.54) is 23.3 Å². The Morgan fingerprint density at radius 1 is 1.33 bits per heavy atom. The molecule has 1 N–H and O–H groups in total. The lowest BCUT2D eigenvalue weighted by Gasteiger charge is -1.88. The van der Waals surface area contributed by atoms with Crippen LogP contribution in [0.25, 0.3) is 0 Å². The van der Waals surface area contributed by atoms with Gasteiger partial charge in [0.25, 0.3) is 0 Å². The Kier molecular flexibility index (Phi) is 2.89. The predicted octanol–water partition coefficient (Wildman–Crippen LogP) is 2.26. The molecule has 3 aliphatic rings. The second-order valence-corrected chi connectivity index (χ2v) is 4.11. The molecule has 0 aromatic heterocycles. The van der Waals surface area contributed by atoms with Crippen LogP contribution in [-0.2, 0) is 4.79 Å². The van der Waals surface area contributed by atoms with Gasteiger partial charge in [0.2, 0.25) is 0 Å². The van der Waals surface area contributed by atoms with Gasteiger partial charge in [-0.3, -0.25) is 4.79 Å². The Balaban J connectivity index is 0.000000115.